The number of rotatable bonds is 4. The summed E-state index contributed by atoms with van der Waals surface area (Å²) in [5.41, 5.74) is 5.81. The maximum absolute atomic E-state index is 12.5. The minimum Gasteiger partial charge on any atom is -0.374 e. The van der Waals surface area contributed by atoms with Crippen LogP contribution in [0.5, 0.6) is 0 Å². The third-order valence-electron chi connectivity index (χ3n) is 5.71. The van der Waals surface area contributed by atoms with Gasteiger partial charge >= 0.3 is 6.03 Å². The summed E-state index contributed by atoms with van der Waals surface area (Å²) in [6.07, 6.45) is 5.69. The van der Waals surface area contributed by atoms with Gasteiger partial charge in [-0.05, 0) is 67.8 Å². The summed E-state index contributed by atoms with van der Waals surface area (Å²) in [5.74, 6) is -0.213. The minimum atomic E-state index is -3.77. The number of sulfonamides is 1. The van der Waals surface area contributed by atoms with Crippen molar-refractivity contribution in [3.63, 3.8) is 0 Å². The van der Waals surface area contributed by atoms with E-state index in [2.05, 4.69) is 16.1 Å². The molecule has 0 saturated carbocycles. The van der Waals surface area contributed by atoms with Crippen LogP contribution in [0.15, 0.2) is 6.07 Å². The van der Waals surface area contributed by atoms with Crippen molar-refractivity contribution in [3.05, 3.63) is 28.3 Å². The van der Waals surface area contributed by atoms with Crippen LogP contribution in [0.4, 0.5) is 10.5 Å². The van der Waals surface area contributed by atoms with Crippen LogP contribution >= 0.6 is 0 Å². The second kappa shape index (κ2) is 9.43. The average Bonchev–Trinajstić information content (AvgIpc) is 3.22. The number of nitrogens with zero attached hydrogens (tertiary/aromatic N) is 1. The quantitative estimate of drug-likeness (QED) is 0.695. The van der Waals surface area contributed by atoms with Gasteiger partial charge in [-0.1, -0.05) is 6.07 Å². The van der Waals surface area contributed by atoms with E-state index in [1.807, 2.05) is 11.9 Å². The smallest absolute Gasteiger partial charge is 0.332 e. The van der Waals surface area contributed by atoms with Gasteiger partial charge in [-0.3, -0.25) is 0 Å². The number of fused-ring (bicyclic) bond motifs is 2. The molecule has 28 heavy (non-hydrogen) atoms. The van der Waals surface area contributed by atoms with Crippen LogP contribution in [0.2, 0.25) is 0 Å². The Morgan fingerprint density at radius 3 is 2.43 bits per heavy atom. The van der Waals surface area contributed by atoms with Gasteiger partial charge in [0.25, 0.3) is 0 Å². The maximum atomic E-state index is 12.5. The van der Waals surface area contributed by atoms with E-state index in [0.717, 1.165) is 50.8 Å². The van der Waals surface area contributed by atoms with Gasteiger partial charge in [0.05, 0.1) is 18.5 Å². The first-order valence-electron chi connectivity index (χ1n) is 9.69. The zero-order valence-corrected chi connectivity index (χ0v) is 20.7. The summed E-state index contributed by atoms with van der Waals surface area (Å²) in [6, 6.07) is 1.61. The van der Waals surface area contributed by atoms with E-state index in [-0.39, 0.29) is 57.1 Å². The molecule has 1 fully saturated rings. The Kier molecular flexibility index (Phi) is 7.63. The molecule has 0 aromatic heterocycles. The van der Waals surface area contributed by atoms with Gasteiger partial charge in [-0.2, -0.15) is 0 Å². The molecule has 1 atom stereocenters. The number of benzene rings is 1. The van der Waals surface area contributed by atoms with E-state index >= 15 is 0 Å². The summed E-state index contributed by atoms with van der Waals surface area (Å²) < 4.78 is 32.5. The second-order valence-corrected chi connectivity index (χ2v) is 9.59. The van der Waals surface area contributed by atoms with Crippen LogP contribution in [-0.4, -0.2) is 109 Å². The Labute approximate surface area is 209 Å². The first-order valence-corrected chi connectivity index (χ1v) is 11.3. The van der Waals surface area contributed by atoms with E-state index in [1.54, 1.807) is 0 Å². The number of urea groups is 1. The van der Waals surface area contributed by atoms with Gasteiger partial charge in [0.1, 0.15) is 0 Å². The van der Waals surface area contributed by atoms with E-state index in [0.29, 0.717) is 13.2 Å². The molecule has 0 bridgehead atoms. The van der Waals surface area contributed by atoms with E-state index < -0.39 is 22.2 Å². The number of hydrogen-bond acceptors (Lipinski definition) is 5. The molecule has 1 aromatic rings. The summed E-state index contributed by atoms with van der Waals surface area (Å²) in [5, 5.41) is 2.86. The Hall–Kier alpha value is -0.00364. The molecular weight excluding hydrogens is 405 g/mol. The molecule has 3 aliphatic rings. The van der Waals surface area contributed by atoms with Crippen LogP contribution < -0.4 is 10.0 Å². The van der Waals surface area contributed by atoms with Crippen molar-refractivity contribution < 1.29 is 17.9 Å². The van der Waals surface area contributed by atoms with Crippen molar-refractivity contribution in [2.24, 2.45) is 0 Å². The van der Waals surface area contributed by atoms with Crippen molar-refractivity contribution in [1.82, 2.24) is 9.62 Å². The third-order valence-corrected chi connectivity index (χ3v) is 7.01. The number of amides is 2. The fourth-order valence-corrected chi connectivity index (χ4v) is 5.61. The molecular formula is C19H27KN3O4S. The Balaban J connectivity index is 0.00000225. The van der Waals surface area contributed by atoms with Crippen molar-refractivity contribution in [1.29, 1.82) is 0 Å². The molecule has 1 saturated heterocycles. The van der Waals surface area contributed by atoms with Crippen molar-refractivity contribution >= 4 is 73.1 Å². The molecule has 1 heterocycles. The zero-order chi connectivity index (χ0) is 19.0. The molecule has 4 rings (SSSR count). The fraction of sp³-hybridized carbons (Fsp3) is 0.632. The number of carbonyl (C=O) groups is 1. The van der Waals surface area contributed by atoms with Crippen molar-refractivity contribution in [2.45, 2.75) is 44.6 Å². The molecule has 2 aliphatic carbocycles. The fourth-order valence-electron chi connectivity index (χ4n) is 4.50. The molecule has 2 N–H and O–H groups in total. The summed E-state index contributed by atoms with van der Waals surface area (Å²) in [6.45, 7) is 1.84. The number of likely N-dealkylation sites (N-methyl/N-ethyl adjacent to an activating group) is 1. The summed E-state index contributed by atoms with van der Waals surface area (Å²) >= 11 is 0. The average molecular weight is 433 g/mol. The van der Waals surface area contributed by atoms with Crippen LogP contribution in [0.25, 0.3) is 0 Å². The number of nitrogens with one attached hydrogen (secondary N) is 2. The summed E-state index contributed by atoms with van der Waals surface area (Å²) in [7, 11) is -1.84. The Morgan fingerprint density at radius 1 is 1.18 bits per heavy atom. The van der Waals surface area contributed by atoms with Gasteiger partial charge in [0, 0.05) is 70.2 Å². The first kappa shape index (κ1) is 22.7. The molecule has 1 aliphatic heterocycles. The molecule has 7 nitrogen and oxygen atoms in total. The van der Waals surface area contributed by atoms with Gasteiger partial charge in [-0.15, -0.1) is 0 Å². The molecule has 2 amide bonds. The van der Waals surface area contributed by atoms with Gasteiger partial charge in [0.2, 0.25) is 10.0 Å². The molecule has 0 spiro atoms. The van der Waals surface area contributed by atoms with E-state index in [4.69, 9.17) is 4.74 Å². The van der Waals surface area contributed by atoms with Crippen molar-refractivity contribution in [2.75, 3.05) is 37.8 Å². The standard InChI is InChI=1S/C19H27N3O4S.K/c1-22-8-9-26-15(11-22)12-27(24,25)21-19(23)20-18-16-6-2-4-13(16)10-14-5-3-7-17(14)18;/h10,15H,2-9,11-12H2,1H3,(H2,20,21,23);. The van der Waals surface area contributed by atoms with Gasteiger partial charge < -0.3 is 15.0 Å². The topological polar surface area (TPSA) is 87.7 Å². The van der Waals surface area contributed by atoms with Crippen molar-refractivity contribution in [3.8, 4) is 0 Å². The predicted molar refractivity (Wildman–Crippen MR) is 109 cm³/mol. The predicted octanol–water partition coefficient (Wildman–Crippen LogP) is 1.07. The Morgan fingerprint density at radius 2 is 1.82 bits per heavy atom. The number of ether oxygens (including phenoxy) is 1. The first-order chi connectivity index (χ1) is 12.9. The zero-order valence-electron chi connectivity index (χ0n) is 16.7. The second-order valence-electron chi connectivity index (χ2n) is 7.83. The summed E-state index contributed by atoms with van der Waals surface area (Å²) in [4.78, 5) is 14.5. The van der Waals surface area contributed by atoms with E-state index in [1.165, 1.54) is 22.3 Å². The molecule has 1 radical (unpaired) electrons. The molecule has 149 valence electrons. The molecule has 1 aromatic carbocycles. The van der Waals surface area contributed by atoms with Crippen LogP contribution in [-0.2, 0) is 40.4 Å². The normalized spacial score (nSPS) is 21.5. The number of aryl methyl sites for hydroxylation is 2. The van der Waals surface area contributed by atoms with E-state index in [9.17, 15) is 13.2 Å². The van der Waals surface area contributed by atoms with Crippen LogP contribution in [0, 0.1) is 0 Å². The number of hydrogen-bond donors (Lipinski definition) is 2. The number of carbonyl (C=O) groups excluding carboxylic acids is 1. The van der Waals surface area contributed by atoms with Crippen LogP contribution in [0.3, 0.4) is 0 Å². The maximum Gasteiger partial charge on any atom is 0.332 e. The Bertz CT molecular complexity index is 827. The number of anilines is 1. The van der Waals surface area contributed by atoms with Gasteiger partial charge in [-0.25, -0.2) is 17.9 Å². The SMILES string of the molecule is CN1CCOC(CS(=O)(=O)NC(=O)Nc2c3c(cc4c2CCC4)CCC3)C1.[K]. The third kappa shape index (κ3) is 5.18. The van der Waals surface area contributed by atoms with Crippen LogP contribution in [0.1, 0.15) is 35.1 Å². The largest absolute Gasteiger partial charge is 0.374 e. The monoisotopic (exact) mass is 432 g/mol. The minimum absolute atomic E-state index is 0. The number of morpholine rings is 1. The molecule has 1 unspecified atom stereocenters. The molecule has 9 heteroatoms. The van der Waals surface area contributed by atoms with Gasteiger partial charge in [0.15, 0.2) is 0 Å².